The lowest BCUT2D eigenvalue weighted by Crippen LogP contribution is -2.48. The fourth-order valence-electron chi connectivity index (χ4n) is 3.21. The maximum atomic E-state index is 12.9. The van der Waals surface area contributed by atoms with Crippen LogP contribution in [-0.2, 0) is 23.1 Å². The Balaban J connectivity index is 1.67. The number of hydrogen-bond acceptors (Lipinski definition) is 4. The van der Waals surface area contributed by atoms with Crippen molar-refractivity contribution in [1.29, 1.82) is 0 Å². The lowest BCUT2D eigenvalue weighted by molar-refractivity contribution is 0.181. The third-order valence-electron chi connectivity index (χ3n) is 4.83. The van der Waals surface area contributed by atoms with Crippen LogP contribution >= 0.6 is 0 Å². The second-order valence-electron chi connectivity index (χ2n) is 6.54. The van der Waals surface area contributed by atoms with E-state index in [-0.39, 0.29) is 0 Å². The van der Waals surface area contributed by atoms with E-state index in [4.69, 9.17) is 0 Å². The molecule has 1 aliphatic heterocycles. The number of benzene rings is 1. The van der Waals surface area contributed by atoms with E-state index < -0.39 is 10.0 Å². The zero-order valence-corrected chi connectivity index (χ0v) is 16.0. The smallest absolute Gasteiger partial charge is 0.246 e. The molecule has 25 heavy (non-hydrogen) atoms. The fraction of sp³-hybridized carbons (Fsp3) is 0.500. The first-order valence-corrected chi connectivity index (χ1v) is 10.2. The molecule has 0 atom stereocenters. The molecule has 1 aromatic heterocycles. The van der Waals surface area contributed by atoms with Gasteiger partial charge in [0.15, 0.2) is 0 Å². The maximum absolute atomic E-state index is 12.9. The van der Waals surface area contributed by atoms with Gasteiger partial charge in [-0.05, 0) is 31.9 Å². The lowest BCUT2D eigenvalue weighted by atomic mass is 10.1. The highest BCUT2D eigenvalue weighted by Crippen LogP contribution is 2.21. The second-order valence-corrected chi connectivity index (χ2v) is 8.45. The molecular weight excluding hydrogens is 336 g/mol. The third kappa shape index (κ3) is 3.78. The maximum Gasteiger partial charge on any atom is 0.246 e. The van der Waals surface area contributed by atoms with Crippen LogP contribution in [0.4, 0.5) is 0 Å². The molecule has 7 heteroatoms. The molecule has 2 heterocycles. The Bertz CT molecular complexity index is 837. The van der Waals surface area contributed by atoms with Gasteiger partial charge in [-0.1, -0.05) is 24.3 Å². The van der Waals surface area contributed by atoms with E-state index in [1.807, 2.05) is 13.0 Å². The van der Waals surface area contributed by atoms with Gasteiger partial charge in [0.2, 0.25) is 10.0 Å². The van der Waals surface area contributed by atoms with Crippen molar-refractivity contribution in [2.24, 2.45) is 0 Å². The summed E-state index contributed by atoms with van der Waals surface area (Å²) in [5.41, 5.74) is 3.16. The van der Waals surface area contributed by atoms with Crippen molar-refractivity contribution >= 4 is 10.0 Å². The van der Waals surface area contributed by atoms with Gasteiger partial charge >= 0.3 is 0 Å². The predicted octanol–water partition coefficient (Wildman–Crippen LogP) is 2.03. The Kier molecular flexibility index (Phi) is 5.27. The molecule has 1 saturated heterocycles. The quantitative estimate of drug-likeness (QED) is 0.817. The van der Waals surface area contributed by atoms with Crippen molar-refractivity contribution in [2.75, 3.05) is 26.2 Å². The summed E-state index contributed by atoms with van der Waals surface area (Å²) >= 11 is 0. The summed E-state index contributed by atoms with van der Waals surface area (Å²) in [5, 5.41) is 4.27. The zero-order valence-electron chi connectivity index (χ0n) is 15.1. The molecule has 0 amide bonds. The Morgan fingerprint density at radius 1 is 1.08 bits per heavy atom. The van der Waals surface area contributed by atoms with Crippen molar-refractivity contribution in [1.82, 2.24) is 19.0 Å². The highest BCUT2D eigenvalue weighted by Gasteiger charge is 2.31. The van der Waals surface area contributed by atoms with Crippen LogP contribution in [0.2, 0.25) is 0 Å². The standard InChI is InChI=1S/C18H26N4O2S/c1-4-21-14-18(16(3)19-21)25(23,24)22-11-9-20(10-12-22)13-17-8-6-5-7-15(17)2/h5-8,14H,4,9-13H2,1-3H3. The summed E-state index contributed by atoms with van der Waals surface area (Å²) in [6.07, 6.45) is 1.64. The van der Waals surface area contributed by atoms with Crippen LogP contribution in [-0.4, -0.2) is 53.6 Å². The van der Waals surface area contributed by atoms with Gasteiger partial charge < -0.3 is 0 Å². The van der Waals surface area contributed by atoms with Gasteiger partial charge in [0.25, 0.3) is 0 Å². The first kappa shape index (κ1) is 18.1. The van der Waals surface area contributed by atoms with Gasteiger partial charge in [-0.2, -0.15) is 9.40 Å². The molecule has 2 aromatic rings. The molecule has 1 aliphatic rings. The molecule has 6 nitrogen and oxygen atoms in total. The second kappa shape index (κ2) is 7.27. The topological polar surface area (TPSA) is 58.4 Å². The Hall–Kier alpha value is -1.70. The molecule has 1 fully saturated rings. The normalized spacial score (nSPS) is 17.1. The van der Waals surface area contributed by atoms with E-state index in [1.165, 1.54) is 11.1 Å². The minimum Gasteiger partial charge on any atom is -0.296 e. The molecule has 0 bridgehead atoms. The molecule has 1 aromatic carbocycles. The van der Waals surface area contributed by atoms with E-state index in [2.05, 4.69) is 35.1 Å². The van der Waals surface area contributed by atoms with E-state index in [0.29, 0.717) is 30.2 Å². The average Bonchev–Trinajstić information content (AvgIpc) is 2.99. The van der Waals surface area contributed by atoms with E-state index in [1.54, 1.807) is 22.1 Å². The Morgan fingerprint density at radius 3 is 2.36 bits per heavy atom. The lowest BCUT2D eigenvalue weighted by Gasteiger charge is -2.34. The summed E-state index contributed by atoms with van der Waals surface area (Å²) in [6.45, 7) is 9.89. The molecule has 0 unspecified atom stereocenters. The SMILES string of the molecule is CCn1cc(S(=O)(=O)N2CCN(Cc3ccccc3C)CC2)c(C)n1. The highest BCUT2D eigenvalue weighted by atomic mass is 32.2. The number of aryl methyl sites for hydroxylation is 3. The van der Waals surface area contributed by atoms with Crippen LogP contribution in [0.15, 0.2) is 35.4 Å². The molecule has 3 rings (SSSR count). The van der Waals surface area contributed by atoms with Crippen molar-refractivity contribution in [3.63, 3.8) is 0 Å². The van der Waals surface area contributed by atoms with Gasteiger partial charge in [-0.3, -0.25) is 9.58 Å². The van der Waals surface area contributed by atoms with E-state index in [9.17, 15) is 8.42 Å². The summed E-state index contributed by atoms with van der Waals surface area (Å²) in [5.74, 6) is 0. The Morgan fingerprint density at radius 2 is 1.76 bits per heavy atom. The molecule has 0 radical (unpaired) electrons. The van der Waals surface area contributed by atoms with Gasteiger partial charge in [0.05, 0.1) is 5.69 Å². The molecule has 0 spiro atoms. The van der Waals surface area contributed by atoms with Gasteiger partial charge in [0, 0.05) is 45.5 Å². The highest BCUT2D eigenvalue weighted by molar-refractivity contribution is 7.89. The van der Waals surface area contributed by atoms with Crippen LogP contribution in [0.25, 0.3) is 0 Å². The Labute approximate surface area is 150 Å². The largest absolute Gasteiger partial charge is 0.296 e. The first-order chi connectivity index (χ1) is 11.9. The number of rotatable bonds is 5. The van der Waals surface area contributed by atoms with Crippen molar-refractivity contribution < 1.29 is 8.42 Å². The first-order valence-electron chi connectivity index (χ1n) is 8.73. The summed E-state index contributed by atoms with van der Waals surface area (Å²) in [6, 6.07) is 8.35. The molecule has 0 N–H and O–H groups in total. The number of nitrogens with zero attached hydrogens (tertiary/aromatic N) is 4. The van der Waals surface area contributed by atoms with Crippen LogP contribution in [0.1, 0.15) is 23.7 Å². The number of piperazine rings is 1. The van der Waals surface area contributed by atoms with Crippen LogP contribution in [0.3, 0.4) is 0 Å². The molecule has 136 valence electrons. The van der Waals surface area contributed by atoms with Crippen molar-refractivity contribution in [2.45, 2.75) is 38.8 Å². The predicted molar refractivity (Wildman–Crippen MR) is 97.9 cm³/mol. The van der Waals surface area contributed by atoms with Crippen LogP contribution < -0.4 is 0 Å². The van der Waals surface area contributed by atoms with E-state index >= 15 is 0 Å². The van der Waals surface area contributed by atoms with E-state index in [0.717, 1.165) is 19.6 Å². The van der Waals surface area contributed by atoms with Crippen LogP contribution in [0.5, 0.6) is 0 Å². The zero-order chi connectivity index (χ0) is 18.0. The van der Waals surface area contributed by atoms with Gasteiger partial charge in [0.1, 0.15) is 4.90 Å². The fourth-order valence-corrected chi connectivity index (χ4v) is 4.80. The molecular formula is C18H26N4O2S. The summed E-state index contributed by atoms with van der Waals surface area (Å²) in [4.78, 5) is 2.65. The number of hydrogen-bond donors (Lipinski definition) is 0. The van der Waals surface area contributed by atoms with Crippen molar-refractivity contribution in [3.05, 3.63) is 47.3 Å². The summed E-state index contributed by atoms with van der Waals surface area (Å²) < 4.78 is 29.1. The minimum absolute atomic E-state index is 0.335. The van der Waals surface area contributed by atoms with Crippen molar-refractivity contribution in [3.8, 4) is 0 Å². The monoisotopic (exact) mass is 362 g/mol. The third-order valence-corrected chi connectivity index (χ3v) is 6.83. The molecule has 0 saturated carbocycles. The minimum atomic E-state index is -3.46. The molecule has 0 aliphatic carbocycles. The number of sulfonamides is 1. The number of aromatic nitrogens is 2. The summed E-state index contributed by atoms with van der Waals surface area (Å²) in [7, 11) is -3.46. The van der Waals surface area contributed by atoms with Gasteiger partial charge in [-0.15, -0.1) is 0 Å². The van der Waals surface area contributed by atoms with Gasteiger partial charge in [-0.25, -0.2) is 8.42 Å². The van der Waals surface area contributed by atoms with Crippen LogP contribution in [0, 0.1) is 13.8 Å². The average molecular weight is 362 g/mol.